The van der Waals surface area contributed by atoms with Crippen molar-refractivity contribution in [1.82, 2.24) is 4.90 Å². The number of nitrogens with zero attached hydrogens (tertiary/aromatic N) is 1. The molecule has 0 aliphatic carbocycles. The molecule has 2 aromatic rings. The lowest BCUT2D eigenvalue weighted by Gasteiger charge is -2.23. The summed E-state index contributed by atoms with van der Waals surface area (Å²) in [6.45, 7) is 3.52. The van der Waals surface area contributed by atoms with Crippen LogP contribution in [0.15, 0.2) is 54.6 Å². The number of hydrogen-bond acceptors (Lipinski definition) is 6. The minimum atomic E-state index is -1.14. The summed E-state index contributed by atoms with van der Waals surface area (Å²) in [5, 5.41) is 2.83. The topological polar surface area (TPSA) is 93.9 Å². The predicted molar refractivity (Wildman–Crippen MR) is 139 cm³/mol. The van der Waals surface area contributed by atoms with Crippen LogP contribution in [0, 0.1) is 0 Å². The number of ether oxygens (including phenoxy) is 2. The molecule has 2 rings (SSSR count). The summed E-state index contributed by atoms with van der Waals surface area (Å²) < 4.78 is 11.2. The lowest BCUT2D eigenvalue weighted by Crippen LogP contribution is -2.39. The molecule has 0 saturated heterocycles. The molecule has 2 aromatic carbocycles. The van der Waals surface area contributed by atoms with Crippen molar-refractivity contribution >= 4 is 52.5 Å². The van der Waals surface area contributed by atoms with Crippen LogP contribution >= 0.6 is 35.0 Å². The molecule has 10 heteroatoms. The van der Waals surface area contributed by atoms with Crippen LogP contribution in [-0.4, -0.2) is 59.0 Å². The number of carbonyl (C=O) groups excluding carboxylic acids is 2. The standard InChI is InChI=1S/C24H31Cl2N3O4S/c1-3-32-14-13-29(24(31)22(25)26)16-17-9-11-18(12-10-17)28-23(30)20(27)15-21(34-2)33-19-7-5-4-6-8-19/h4-12,20-22H,3,13-16,27H2,1-2H3,(H,28,30)/t20-,21?/m0/s1. The third kappa shape index (κ3) is 9.72. The summed E-state index contributed by atoms with van der Waals surface area (Å²) in [6.07, 6.45) is 2.27. The number of amides is 2. The Bertz CT molecular complexity index is 888. The zero-order valence-electron chi connectivity index (χ0n) is 19.3. The predicted octanol–water partition coefficient (Wildman–Crippen LogP) is 4.28. The van der Waals surface area contributed by atoms with Crippen LogP contribution in [0.1, 0.15) is 18.9 Å². The highest BCUT2D eigenvalue weighted by molar-refractivity contribution is 7.99. The van der Waals surface area contributed by atoms with Crippen LogP contribution in [0.25, 0.3) is 0 Å². The molecule has 0 aromatic heterocycles. The average molecular weight is 529 g/mol. The third-order valence-corrected chi connectivity index (χ3v) is 6.05. The first-order valence-electron chi connectivity index (χ1n) is 10.9. The fraction of sp³-hybridized carbons (Fsp3) is 0.417. The van der Waals surface area contributed by atoms with Crippen molar-refractivity contribution in [2.45, 2.75) is 36.2 Å². The van der Waals surface area contributed by atoms with Gasteiger partial charge in [-0.3, -0.25) is 9.59 Å². The minimum absolute atomic E-state index is 0.251. The van der Waals surface area contributed by atoms with Crippen LogP contribution in [0.3, 0.4) is 0 Å². The maximum atomic E-state index is 12.6. The van der Waals surface area contributed by atoms with Crippen LogP contribution in [-0.2, 0) is 20.9 Å². The summed E-state index contributed by atoms with van der Waals surface area (Å²) in [5.41, 5.74) is 7.34. The zero-order chi connectivity index (χ0) is 24.9. The molecule has 0 saturated carbocycles. The Labute approximate surface area is 215 Å². The number of benzene rings is 2. The molecule has 3 N–H and O–H groups in total. The highest BCUT2D eigenvalue weighted by Gasteiger charge is 2.22. The molecule has 2 atom stereocenters. The molecular formula is C24H31Cl2N3O4S. The van der Waals surface area contributed by atoms with Gasteiger partial charge in [-0.15, -0.1) is 11.8 Å². The van der Waals surface area contributed by atoms with Crippen LogP contribution in [0.4, 0.5) is 5.69 Å². The molecule has 0 bridgehead atoms. The Kier molecular flexibility index (Phi) is 12.6. The number of para-hydroxylation sites is 1. The molecule has 0 spiro atoms. The highest BCUT2D eigenvalue weighted by atomic mass is 35.5. The normalized spacial score (nSPS) is 12.8. The monoisotopic (exact) mass is 527 g/mol. The molecule has 7 nitrogen and oxygen atoms in total. The minimum Gasteiger partial charge on any atom is -0.480 e. The average Bonchev–Trinajstić information content (AvgIpc) is 2.84. The van der Waals surface area contributed by atoms with Gasteiger partial charge in [0.15, 0.2) is 4.84 Å². The van der Waals surface area contributed by atoms with E-state index in [0.717, 1.165) is 11.3 Å². The zero-order valence-corrected chi connectivity index (χ0v) is 21.6. The molecule has 0 aliphatic heterocycles. The number of thioether (sulfide) groups is 1. The van der Waals surface area contributed by atoms with Gasteiger partial charge in [0.1, 0.15) is 11.2 Å². The molecule has 2 amide bonds. The van der Waals surface area contributed by atoms with Crippen molar-refractivity contribution < 1.29 is 19.1 Å². The first kappa shape index (κ1) is 28.3. The van der Waals surface area contributed by atoms with Crippen LogP contribution in [0.5, 0.6) is 5.75 Å². The van der Waals surface area contributed by atoms with E-state index in [9.17, 15) is 9.59 Å². The summed E-state index contributed by atoms with van der Waals surface area (Å²) >= 11 is 13.0. The van der Waals surface area contributed by atoms with Crippen molar-refractivity contribution in [1.29, 1.82) is 0 Å². The van der Waals surface area contributed by atoms with Crippen LogP contribution in [0.2, 0.25) is 0 Å². The highest BCUT2D eigenvalue weighted by Crippen LogP contribution is 2.20. The van der Waals surface area contributed by atoms with Gasteiger partial charge < -0.3 is 25.4 Å². The quantitative estimate of drug-likeness (QED) is 0.216. The summed E-state index contributed by atoms with van der Waals surface area (Å²) in [7, 11) is 0. The van der Waals surface area contributed by atoms with E-state index in [1.54, 1.807) is 17.0 Å². The molecule has 0 radical (unpaired) electrons. The Hall–Kier alpha value is -1.97. The third-order valence-electron chi connectivity index (χ3n) is 4.86. The smallest absolute Gasteiger partial charge is 0.256 e. The maximum absolute atomic E-state index is 12.6. The van der Waals surface area contributed by atoms with E-state index >= 15 is 0 Å². The lowest BCUT2D eigenvalue weighted by molar-refractivity contribution is -0.130. The Morgan fingerprint density at radius 2 is 1.79 bits per heavy atom. The van der Waals surface area contributed by atoms with E-state index in [4.69, 9.17) is 38.4 Å². The largest absolute Gasteiger partial charge is 0.480 e. The van der Waals surface area contributed by atoms with Gasteiger partial charge in [-0.05, 0) is 43.0 Å². The molecule has 0 fully saturated rings. The fourth-order valence-electron chi connectivity index (χ4n) is 3.03. The lowest BCUT2D eigenvalue weighted by atomic mass is 10.1. The van der Waals surface area contributed by atoms with Gasteiger partial charge >= 0.3 is 0 Å². The molecule has 0 heterocycles. The van der Waals surface area contributed by atoms with E-state index in [-0.39, 0.29) is 17.3 Å². The first-order chi connectivity index (χ1) is 16.3. The number of anilines is 1. The summed E-state index contributed by atoms with van der Waals surface area (Å²) in [6, 6.07) is 15.8. The Balaban J connectivity index is 1.91. The van der Waals surface area contributed by atoms with Gasteiger partial charge in [-0.2, -0.15) is 0 Å². The van der Waals surface area contributed by atoms with Gasteiger partial charge in [0.2, 0.25) is 5.91 Å². The molecule has 1 unspecified atom stereocenters. The van der Waals surface area contributed by atoms with E-state index in [0.29, 0.717) is 38.4 Å². The number of hydrogen-bond donors (Lipinski definition) is 2. The van der Waals surface area contributed by atoms with Crippen molar-refractivity contribution in [3.63, 3.8) is 0 Å². The van der Waals surface area contributed by atoms with Crippen molar-refractivity contribution in [3.05, 3.63) is 60.2 Å². The van der Waals surface area contributed by atoms with Gasteiger partial charge in [0.05, 0.1) is 12.6 Å². The number of nitrogens with one attached hydrogen (secondary N) is 1. The van der Waals surface area contributed by atoms with Crippen molar-refractivity contribution in [2.75, 3.05) is 31.3 Å². The molecule has 186 valence electrons. The number of rotatable bonds is 14. The Morgan fingerprint density at radius 3 is 2.38 bits per heavy atom. The summed E-state index contributed by atoms with van der Waals surface area (Å²) in [4.78, 5) is 25.3. The molecule has 34 heavy (non-hydrogen) atoms. The number of nitrogens with two attached hydrogens (primary N) is 1. The van der Waals surface area contributed by atoms with E-state index in [1.165, 1.54) is 11.8 Å². The number of carbonyl (C=O) groups is 2. The van der Waals surface area contributed by atoms with Crippen molar-refractivity contribution in [2.24, 2.45) is 5.73 Å². The SMILES string of the molecule is CCOCCN(Cc1ccc(NC(=O)[C@@H](N)CC(Oc2ccccc2)SC)cc1)C(=O)C(Cl)Cl. The fourth-order valence-corrected chi connectivity index (χ4v) is 3.91. The van der Waals surface area contributed by atoms with Gasteiger partial charge in [0, 0.05) is 31.8 Å². The van der Waals surface area contributed by atoms with E-state index in [1.807, 2.05) is 55.6 Å². The number of alkyl halides is 2. The summed E-state index contributed by atoms with van der Waals surface area (Å²) in [5.74, 6) is 0.0463. The second kappa shape index (κ2) is 15.1. The second-order valence-electron chi connectivity index (χ2n) is 7.38. The van der Waals surface area contributed by atoms with Gasteiger partial charge in [0.25, 0.3) is 5.91 Å². The van der Waals surface area contributed by atoms with E-state index in [2.05, 4.69) is 5.32 Å². The van der Waals surface area contributed by atoms with Crippen molar-refractivity contribution in [3.8, 4) is 5.75 Å². The van der Waals surface area contributed by atoms with Gasteiger partial charge in [-0.25, -0.2) is 0 Å². The number of halogens is 2. The van der Waals surface area contributed by atoms with E-state index < -0.39 is 10.9 Å². The first-order valence-corrected chi connectivity index (χ1v) is 13.0. The molecule has 0 aliphatic rings. The van der Waals surface area contributed by atoms with Crippen LogP contribution < -0.4 is 15.8 Å². The second-order valence-corrected chi connectivity index (χ2v) is 9.48. The maximum Gasteiger partial charge on any atom is 0.256 e. The van der Waals surface area contributed by atoms with Gasteiger partial charge in [-0.1, -0.05) is 53.5 Å². The molecular weight excluding hydrogens is 497 g/mol. The Morgan fingerprint density at radius 1 is 1.12 bits per heavy atom.